The fourth-order valence-corrected chi connectivity index (χ4v) is 3.47. The van der Waals surface area contributed by atoms with Gasteiger partial charge in [0.25, 0.3) is 0 Å². The normalized spacial score (nSPS) is 14.1. The van der Waals surface area contributed by atoms with E-state index in [1.165, 1.54) is 36.8 Å². The van der Waals surface area contributed by atoms with Gasteiger partial charge in [0.2, 0.25) is 5.91 Å². The summed E-state index contributed by atoms with van der Waals surface area (Å²) in [7, 11) is 0. The highest BCUT2D eigenvalue weighted by Crippen LogP contribution is 2.20. The van der Waals surface area contributed by atoms with Crippen LogP contribution in [-0.2, 0) is 11.3 Å². The minimum atomic E-state index is 0.0550. The van der Waals surface area contributed by atoms with E-state index in [9.17, 15) is 4.79 Å². The highest BCUT2D eigenvalue weighted by atomic mass is 32.1. The second-order valence-electron chi connectivity index (χ2n) is 6.83. The molecule has 0 saturated carbocycles. The summed E-state index contributed by atoms with van der Waals surface area (Å²) in [6, 6.07) is 8.14. The van der Waals surface area contributed by atoms with E-state index in [0.29, 0.717) is 24.3 Å². The van der Waals surface area contributed by atoms with Gasteiger partial charge in [-0.15, -0.1) is 0 Å². The first-order valence-corrected chi connectivity index (χ1v) is 9.71. The molecule has 138 valence electrons. The van der Waals surface area contributed by atoms with Crippen molar-refractivity contribution < 1.29 is 4.79 Å². The monoisotopic (exact) mass is 370 g/mol. The number of allylic oxidation sites excluding steroid dienone is 1. The number of hydrogen-bond donors (Lipinski definition) is 2. The summed E-state index contributed by atoms with van der Waals surface area (Å²) in [4.78, 5) is 12.2. The van der Waals surface area contributed by atoms with E-state index in [2.05, 4.69) is 28.5 Å². The maximum absolute atomic E-state index is 12.2. The molecule has 1 aromatic heterocycles. The number of hydrogen-bond acceptors (Lipinski definition) is 3. The zero-order valence-corrected chi connectivity index (χ0v) is 16.1. The lowest BCUT2D eigenvalue weighted by molar-refractivity contribution is -0.121. The van der Waals surface area contributed by atoms with Gasteiger partial charge in [-0.2, -0.15) is 5.10 Å². The average Bonchev–Trinajstić information content (AvgIpc) is 3.02. The predicted octanol–water partition coefficient (Wildman–Crippen LogP) is 4.31. The Morgan fingerprint density at radius 3 is 2.85 bits per heavy atom. The molecule has 0 spiro atoms. The highest BCUT2D eigenvalue weighted by Gasteiger charge is 2.11. The van der Waals surface area contributed by atoms with Crippen molar-refractivity contribution in [3.63, 3.8) is 0 Å². The number of nitrogens with zero attached hydrogens (tertiary/aromatic N) is 2. The Balaban J connectivity index is 1.53. The number of carbonyl (C=O) groups excluding carboxylic acids is 1. The van der Waals surface area contributed by atoms with Gasteiger partial charge in [0.05, 0.1) is 0 Å². The first-order chi connectivity index (χ1) is 12.6. The van der Waals surface area contributed by atoms with Gasteiger partial charge in [0.15, 0.2) is 10.6 Å². The summed E-state index contributed by atoms with van der Waals surface area (Å²) in [5.41, 5.74) is 3.67. The predicted molar refractivity (Wildman–Crippen MR) is 106 cm³/mol. The number of rotatable bonds is 7. The highest BCUT2D eigenvalue weighted by molar-refractivity contribution is 7.71. The molecule has 2 aromatic rings. The number of nitrogens with one attached hydrogen (secondary N) is 2. The van der Waals surface area contributed by atoms with Crippen LogP contribution in [0.25, 0.3) is 11.4 Å². The summed E-state index contributed by atoms with van der Waals surface area (Å²) in [6.07, 6.45) is 8.63. The lowest BCUT2D eigenvalue weighted by Gasteiger charge is -2.13. The molecule has 1 aromatic carbocycles. The molecule has 0 saturated heterocycles. The molecular weight excluding hydrogens is 344 g/mol. The van der Waals surface area contributed by atoms with Crippen molar-refractivity contribution in [1.82, 2.24) is 20.1 Å². The van der Waals surface area contributed by atoms with Crippen LogP contribution in [0.15, 0.2) is 35.9 Å². The topological polar surface area (TPSA) is 62.7 Å². The molecule has 0 radical (unpaired) electrons. The standard InChI is InChI=1S/C20H26N4OS/c1-15-7-9-17(10-8-15)19-22-23-20(26)24(19)14-12-18(25)21-13-11-16-5-3-2-4-6-16/h5,7-10H,2-4,6,11-14H2,1H3,(H,21,25)(H,23,26). The second kappa shape index (κ2) is 8.94. The molecule has 1 heterocycles. The van der Waals surface area contributed by atoms with Gasteiger partial charge < -0.3 is 5.32 Å². The SMILES string of the molecule is Cc1ccc(-c2n[nH]c(=S)n2CCC(=O)NCCC2=CCCCC2)cc1. The van der Waals surface area contributed by atoms with Crippen molar-refractivity contribution in [2.24, 2.45) is 0 Å². The van der Waals surface area contributed by atoms with Crippen molar-refractivity contribution in [2.45, 2.75) is 52.0 Å². The largest absolute Gasteiger partial charge is 0.356 e. The van der Waals surface area contributed by atoms with Crippen LogP contribution < -0.4 is 5.32 Å². The van der Waals surface area contributed by atoms with Gasteiger partial charge in [0.1, 0.15) is 0 Å². The van der Waals surface area contributed by atoms with Crippen LogP contribution in [0.3, 0.4) is 0 Å². The summed E-state index contributed by atoms with van der Waals surface area (Å²) in [5.74, 6) is 0.828. The van der Waals surface area contributed by atoms with Gasteiger partial charge in [-0.05, 0) is 51.2 Å². The molecule has 3 rings (SSSR count). The Morgan fingerprint density at radius 2 is 2.12 bits per heavy atom. The van der Waals surface area contributed by atoms with Crippen LogP contribution >= 0.6 is 12.2 Å². The van der Waals surface area contributed by atoms with Crippen LogP contribution in [-0.4, -0.2) is 27.2 Å². The zero-order valence-electron chi connectivity index (χ0n) is 15.3. The Morgan fingerprint density at radius 1 is 1.31 bits per heavy atom. The fraction of sp³-hybridized carbons (Fsp3) is 0.450. The molecular formula is C20H26N4OS. The number of aromatic amines is 1. The zero-order chi connectivity index (χ0) is 18.4. The molecule has 26 heavy (non-hydrogen) atoms. The summed E-state index contributed by atoms with van der Waals surface area (Å²) < 4.78 is 2.43. The molecule has 5 nitrogen and oxygen atoms in total. The molecule has 2 N–H and O–H groups in total. The van der Waals surface area contributed by atoms with E-state index < -0.39 is 0 Å². The first kappa shape index (κ1) is 18.6. The molecule has 0 fully saturated rings. The Hall–Kier alpha value is -2.21. The molecule has 6 heteroatoms. The minimum absolute atomic E-state index is 0.0550. The number of aromatic nitrogens is 3. The lowest BCUT2D eigenvalue weighted by atomic mass is 9.97. The molecule has 0 aliphatic heterocycles. The number of H-pyrrole nitrogens is 1. The van der Waals surface area contributed by atoms with Crippen molar-refractivity contribution in [3.8, 4) is 11.4 Å². The Kier molecular flexibility index (Phi) is 6.39. The Bertz CT molecular complexity index is 832. The summed E-state index contributed by atoms with van der Waals surface area (Å²) in [5, 5.41) is 10.2. The smallest absolute Gasteiger partial charge is 0.221 e. The second-order valence-corrected chi connectivity index (χ2v) is 7.21. The average molecular weight is 371 g/mol. The van der Waals surface area contributed by atoms with Crippen molar-refractivity contribution >= 4 is 18.1 Å². The molecule has 0 atom stereocenters. The van der Waals surface area contributed by atoms with Gasteiger partial charge in [-0.1, -0.05) is 41.5 Å². The van der Waals surface area contributed by atoms with Gasteiger partial charge in [-0.25, -0.2) is 0 Å². The summed E-state index contributed by atoms with van der Waals surface area (Å²) >= 11 is 5.33. The van der Waals surface area contributed by atoms with Crippen molar-refractivity contribution in [3.05, 3.63) is 46.2 Å². The van der Waals surface area contributed by atoms with Crippen LogP contribution in [0.4, 0.5) is 0 Å². The van der Waals surface area contributed by atoms with Crippen LogP contribution in [0.5, 0.6) is 0 Å². The minimum Gasteiger partial charge on any atom is -0.356 e. The Labute approximate surface area is 159 Å². The van der Waals surface area contributed by atoms with E-state index in [0.717, 1.165) is 17.8 Å². The van der Waals surface area contributed by atoms with E-state index in [4.69, 9.17) is 12.2 Å². The maximum atomic E-state index is 12.2. The maximum Gasteiger partial charge on any atom is 0.221 e. The van der Waals surface area contributed by atoms with Crippen LogP contribution in [0.1, 0.15) is 44.1 Å². The number of benzene rings is 1. The van der Waals surface area contributed by atoms with Gasteiger partial charge in [-0.3, -0.25) is 14.5 Å². The van der Waals surface area contributed by atoms with Crippen LogP contribution in [0.2, 0.25) is 0 Å². The van der Waals surface area contributed by atoms with Gasteiger partial charge in [0, 0.05) is 25.1 Å². The van der Waals surface area contributed by atoms with Crippen molar-refractivity contribution in [2.75, 3.05) is 6.54 Å². The van der Waals surface area contributed by atoms with E-state index in [1.807, 2.05) is 28.8 Å². The van der Waals surface area contributed by atoms with E-state index in [-0.39, 0.29) is 5.91 Å². The third-order valence-electron chi connectivity index (χ3n) is 4.78. The molecule has 1 aliphatic carbocycles. The first-order valence-electron chi connectivity index (χ1n) is 9.30. The van der Waals surface area contributed by atoms with Crippen LogP contribution in [0, 0.1) is 11.7 Å². The lowest BCUT2D eigenvalue weighted by Crippen LogP contribution is -2.26. The molecule has 1 aliphatic rings. The molecule has 1 amide bonds. The van der Waals surface area contributed by atoms with E-state index in [1.54, 1.807) is 0 Å². The molecule has 0 unspecified atom stereocenters. The number of amides is 1. The third-order valence-corrected chi connectivity index (χ3v) is 5.10. The fourth-order valence-electron chi connectivity index (χ4n) is 3.24. The van der Waals surface area contributed by atoms with Crippen molar-refractivity contribution in [1.29, 1.82) is 0 Å². The summed E-state index contributed by atoms with van der Waals surface area (Å²) in [6.45, 7) is 3.29. The third kappa shape index (κ3) is 4.91. The van der Waals surface area contributed by atoms with E-state index >= 15 is 0 Å². The quantitative estimate of drug-likeness (QED) is 0.564. The molecule has 0 bridgehead atoms. The number of aryl methyl sites for hydroxylation is 1. The van der Waals surface area contributed by atoms with Gasteiger partial charge >= 0.3 is 0 Å². The number of carbonyl (C=O) groups is 1.